The molecule has 1 aliphatic rings. The van der Waals surface area contributed by atoms with Crippen LogP contribution in [0.1, 0.15) is 61.1 Å². The third kappa shape index (κ3) is 6.38. The number of benzene rings is 3. The minimum atomic E-state index is -0.857. The molecule has 0 saturated heterocycles. The summed E-state index contributed by atoms with van der Waals surface area (Å²) < 4.78 is 55.5. The van der Waals surface area contributed by atoms with Gasteiger partial charge in [-0.15, -0.1) is 6.58 Å². The third-order valence-electron chi connectivity index (χ3n) is 6.91. The molecule has 4 rings (SSSR count). The van der Waals surface area contributed by atoms with Gasteiger partial charge in [0.1, 0.15) is 0 Å². The summed E-state index contributed by atoms with van der Waals surface area (Å²) >= 11 is 0. The molecule has 1 aliphatic carbocycles. The highest BCUT2D eigenvalue weighted by Crippen LogP contribution is 2.36. The van der Waals surface area contributed by atoms with Crippen LogP contribution in [0.15, 0.2) is 67.3 Å². The van der Waals surface area contributed by atoms with Gasteiger partial charge in [0, 0.05) is 11.1 Å². The fourth-order valence-electron chi connectivity index (χ4n) is 4.73. The lowest BCUT2D eigenvalue weighted by Crippen LogP contribution is -2.21. The predicted molar refractivity (Wildman–Crippen MR) is 138 cm³/mol. The van der Waals surface area contributed by atoms with Gasteiger partial charge in [-0.05, 0) is 74.6 Å². The van der Waals surface area contributed by atoms with Crippen LogP contribution in [0.2, 0.25) is 0 Å². The Hall–Kier alpha value is -3.05. The van der Waals surface area contributed by atoms with Gasteiger partial charge < -0.3 is 9.47 Å². The summed E-state index contributed by atoms with van der Waals surface area (Å²) in [6, 6.07) is 15.8. The summed E-state index contributed by atoms with van der Waals surface area (Å²) in [4.78, 5) is 0. The minimum Gasteiger partial charge on any atom is -0.491 e. The number of ether oxygens (including phenoxy) is 2. The second-order valence-electron chi connectivity index (χ2n) is 9.52. The molecule has 0 atom stereocenters. The first-order valence-electron chi connectivity index (χ1n) is 12.6. The van der Waals surface area contributed by atoms with E-state index in [9.17, 15) is 13.2 Å². The van der Waals surface area contributed by atoms with Crippen LogP contribution in [0.5, 0.6) is 5.75 Å². The van der Waals surface area contributed by atoms with Gasteiger partial charge in [0.25, 0.3) is 0 Å². The van der Waals surface area contributed by atoms with Crippen molar-refractivity contribution in [3.8, 4) is 16.9 Å². The first-order valence-corrected chi connectivity index (χ1v) is 12.6. The Morgan fingerprint density at radius 1 is 0.917 bits per heavy atom. The highest BCUT2D eigenvalue weighted by atomic mass is 19.2. The Kier molecular flexibility index (Phi) is 8.87. The van der Waals surface area contributed by atoms with E-state index < -0.39 is 11.6 Å². The minimum absolute atomic E-state index is 0.0266. The molecule has 0 amide bonds. The Morgan fingerprint density at radius 2 is 1.67 bits per heavy atom. The summed E-state index contributed by atoms with van der Waals surface area (Å²) in [7, 11) is 0. The first-order chi connectivity index (χ1) is 17.5. The number of allylic oxidation sites excluding steroid dienone is 1. The van der Waals surface area contributed by atoms with Gasteiger partial charge in [-0.25, -0.2) is 13.2 Å². The molecule has 0 radical (unpaired) electrons. The van der Waals surface area contributed by atoms with Crippen molar-refractivity contribution in [3.05, 3.63) is 101 Å². The normalized spacial score (nSPS) is 17.7. The van der Waals surface area contributed by atoms with Gasteiger partial charge in [0.15, 0.2) is 23.2 Å². The topological polar surface area (TPSA) is 18.5 Å². The van der Waals surface area contributed by atoms with Crippen LogP contribution in [0, 0.1) is 24.4 Å². The lowest BCUT2D eigenvalue weighted by Gasteiger charge is -2.29. The fraction of sp³-hybridized carbons (Fsp3) is 0.355. The third-order valence-corrected chi connectivity index (χ3v) is 6.91. The van der Waals surface area contributed by atoms with Crippen LogP contribution in [-0.2, 0) is 11.3 Å². The van der Waals surface area contributed by atoms with Crippen molar-refractivity contribution >= 4 is 0 Å². The van der Waals surface area contributed by atoms with Crippen molar-refractivity contribution in [2.75, 3.05) is 6.61 Å². The van der Waals surface area contributed by atoms with E-state index in [4.69, 9.17) is 9.47 Å². The molecule has 3 aromatic carbocycles. The Labute approximate surface area is 211 Å². The molecule has 0 bridgehead atoms. The Bertz CT molecular complexity index is 1170. The molecule has 3 aromatic rings. The zero-order valence-electron chi connectivity index (χ0n) is 20.7. The standard InChI is InChI=1S/C31H33F3O2/c1-3-4-5-18-35-29-17-13-24(19-28(29)32)22-10-14-26(15-11-22)36-20-25-12-16-27(31(34)30(25)33)23-8-6-21(2)7-9-23/h3,6-9,12-13,16-17,19,22,26H,1,4-5,10-11,14-15,18,20H2,2H3. The average Bonchev–Trinajstić information content (AvgIpc) is 2.89. The van der Waals surface area contributed by atoms with E-state index in [0.717, 1.165) is 49.7 Å². The summed E-state index contributed by atoms with van der Waals surface area (Å²) in [6.45, 7) is 6.11. The Balaban J connectivity index is 1.29. The molecule has 0 spiro atoms. The SMILES string of the molecule is C=CCCCOc1ccc(C2CCC(OCc3ccc(-c4ccc(C)cc4)c(F)c3F)CC2)cc1F. The van der Waals surface area contributed by atoms with Crippen LogP contribution in [-0.4, -0.2) is 12.7 Å². The number of halogens is 3. The molecule has 0 heterocycles. The van der Waals surface area contributed by atoms with Gasteiger partial charge in [0.2, 0.25) is 0 Å². The van der Waals surface area contributed by atoms with Crippen LogP contribution in [0.4, 0.5) is 13.2 Å². The maximum atomic E-state index is 14.7. The molecule has 2 nitrogen and oxygen atoms in total. The van der Waals surface area contributed by atoms with E-state index in [1.165, 1.54) is 0 Å². The van der Waals surface area contributed by atoms with Gasteiger partial charge >= 0.3 is 0 Å². The molecular weight excluding hydrogens is 461 g/mol. The average molecular weight is 495 g/mol. The Morgan fingerprint density at radius 3 is 2.36 bits per heavy atom. The van der Waals surface area contributed by atoms with Crippen molar-refractivity contribution in [1.29, 1.82) is 0 Å². The molecular formula is C31H33F3O2. The van der Waals surface area contributed by atoms with E-state index >= 15 is 0 Å². The van der Waals surface area contributed by atoms with Crippen molar-refractivity contribution in [3.63, 3.8) is 0 Å². The predicted octanol–water partition coefficient (Wildman–Crippen LogP) is 8.67. The fourth-order valence-corrected chi connectivity index (χ4v) is 4.73. The van der Waals surface area contributed by atoms with E-state index in [1.807, 2.05) is 31.2 Å². The van der Waals surface area contributed by atoms with Gasteiger partial charge in [-0.2, -0.15) is 0 Å². The maximum Gasteiger partial charge on any atom is 0.167 e. The first kappa shape index (κ1) is 26.0. The molecule has 36 heavy (non-hydrogen) atoms. The summed E-state index contributed by atoms with van der Waals surface area (Å²) in [5, 5.41) is 0. The molecule has 0 unspecified atom stereocenters. The second-order valence-corrected chi connectivity index (χ2v) is 9.52. The number of hydrogen-bond donors (Lipinski definition) is 0. The van der Waals surface area contributed by atoms with Crippen molar-refractivity contribution in [1.82, 2.24) is 0 Å². The summed E-state index contributed by atoms with van der Waals surface area (Å²) in [5.41, 5.74) is 3.13. The van der Waals surface area contributed by atoms with Gasteiger partial charge in [0.05, 0.1) is 19.3 Å². The number of aryl methyl sites for hydroxylation is 1. The van der Waals surface area contributed by atoms with Crippen LogP contribution < -0.4 is 4.74 Å². The molecule has 190 valence electrons. The zero-order valence-corrected chi connectivity index (χ0v) is 20.7. The van der Waals surface area contributed by atoms with E-state index in [-0.39, 0.29) is 41.3 Å². The molecule has 0 N–H and O–H groups in total. The highest BCUT2D eigenvalue weighted by Gasteiger charge is 2.24. The van der Waals surface area contributed by atoms with E-state index in [2.05, 4.69) is 6.58 Å². The lowest BCUT2D eigenvalue weighted by atomic mass is 9.82. The molecule has 0 aliphatic heterocycles. The monoisotopic (exact) mass is 494 g/mol. The quantitative estimate of drug-likeness (QED) is 0.207. The van der Waals surface area contributed by atoms with Crippen LogP contribution in [0.25, 0.3) is 11.1 Å². The largest absolute Gasteiger partial charge is 0.491 e. The molecule has 5 heteroatoms. The van der Waals surface area contributed by atoms with Crippen LogP contribution in [0.3, 0.4) is 0 Å². The summed E-state index contributed by atoms with van der Waals surface area (Å²) in [6.07, 6.45) is 6.72. The number of hydrogen-bond acceptors (Lipinski definition) is 2. The number of rotatable bonds is 10. The van der Waals surface area contributed by atoms with Gasteiger partial charge in [-0.1, -0.05) is 54.1 Å². The van der Waals surface area contributed by atoms with E-state index in [0.29, 0.717) is 12.2 Å². The number of unbranched alkanes of at least 4 members (excludes halogenated alkanes) is 1. The highest BCUT2D eigenvalue weighted by molar-refractivity contribution is 5.65. The molecule has 0 aromatic heterocycles. The van der Waals surface area contributed by atoms with Crippen molar-refractivity contribution in [2.45, 2.75) is 64.1 Å². The summed E-state index contributed by atoms with van der Waals surface area (Å²) in [5.74, 6) is -1.52. The smallest absolute Gasteiger partial charge is 0.167 e. The molecule has 1 saturated carbocycles. The molecule has 1 fully saturated rings. The van der Waals surface area contributed by atoms with Crippen LogP contribution >= 0.6 is 0 Å². The van der Waals surface area contributed by atoms with Crippen molar-refractivity contribution < 1.29 is 22.6 Å². The zero-order chi connectivity index (χ0) is 25.5. The second kappa shape index (κ2) is 12.3. The lowest BCUT2D eigenvalue weighted by molar-refractivity contribution is 0.0119. The van der Waals surface area contributed by atoms with Crippen molar-refractivity contribution in [2.24, 2.45) is 0 Å². The van der Waals surface area contributed by atoms with Gasteiger partial charge in [-0.3, -0.25) is 0 Å². The van der Waals surface area contributed by atoms with E-state index in [1.54, 1.807) is 36.4 Å². The maximum absolute atomic E-state index is 14.7.